The van der Waals surface area contributed by atoms with E-state index in [1.807, 2.05) is 25.1 Å². The van der Waals surface area contributed by atoms with Crippen molar-refractivity contribution in [2.24, 2.45) is 4.99 Å². The van der Waals surface area contributed by atoms with Gasteiger partial charge in [0.15, 0.2) is 5.96 Å². The van der Waals surface area contributed by atoms with Gasteiger partial charge in [-0.3, -0.25) is 9.89 Å². The van der Waals surface area contributed by atoms with Gasteiger partial charge in [0.2, 0.25) is 0 Å². The minimum atomic E-state index is 0.666. The van der Waals surface area contributed by atoms with E-state index in [-0.39, 0.29) is 0 Å². The van der Waals surface area contributed by atoms with Crippen molar-refractivity contribution in [3.8, 4) is 5.75 Å². The summed E-state index contributed by atoms with van der Waals surface area (Å²) in [5, 5.41) is 6.65. The fourth-order valence-electron chi connectivity index (χ4n) is 2.83. The molecule has 1 fully saturated rings. The van der Waals surface area contributed by atoms with Crippen LogP contribution in [0.1, 0.15) is 18.9 Å². The zero-order valence-corrected chi connectivity index (χ0v) is 16.7. The molecule has 1 heterocycles. The summed E-state index contributed by atoms with van der Waals surface area (Å²) in [5.41, 5.74) is 1.12. The number of hydrogen-bond acceptors (Lipinski definition) is 5. The summed E-state index contributed by atoms with van der Waals surface area (Å²) in [5.74, 6) is 1.71. The second kappa shape index (κ2) is 13.4. The van der Waals surface area contributed by atoms with Gasteiger partial charge in [-0.15, -0.1) is 0 Å². The fourth-order valence-corrected chi connectivity index (χ4v) is 2.83. The molecule has 0 spiro atoms. The number of nitrogens with zero attached hydrogens (tertiary/aromatic N) is 2. The number of nitrogens with one attached hydrogen (secondary N) is 2. The van der Waals surface area contributed by atoms with Gasteiger partial charge in [0, 0.05) is 58.5 Å². The number of aliphatic imine (C=N–C) groups is 1. The molecule has 7 nitrogen and oxygen atoms in total. The minimum Gasteiger partial charge on any atom is -0.492 e. The molecule has 1 saturated heterocycles. The van der Waals surface area contributed by atoms with E-state index in [2.05, 4.69) is 26.6 Å². The van der Waals surface area contributed by atoms with Crippen molar-refractivity contribution < 1.29 is 14.2 Å². The molecule has 1 aliphatic rings. The molecular formula is C20H34N4O3. The SMILES string of the molecule is CCOCCCNC(=NC)NCc1ccccc1OCCN1CCOCC1. The monoisotopic (exact) mass is 378 g/mol. The summed E-state index contributed by atoms with van der Waals surface area (Å²) in [4.78, 5) is 6.64. The zero-order valence-electron chi connectivity index (χ0n) is 16.7. The molecular weight excluding hydrogens is 344 g/mol. The first kappa shape index (κ1) is 21.5. The van der Waals surface area contributed by atoms with Gasteiger partial charge in [-0.1, -0.05) is 18.2 Å². The Morgan fingerprint density at radius 2 is 2.00 bits per heavy atom. The number of rotatable bonds is 11. The van der Waals surface area contributed by atoms with Crippen LogP contribution >= 0.6 is 0 Å². The van der Waals surface area contributed by atoms with Gasteiger partial charge in [0.1, 0.15) is 12.4 Å². The van der Waals surface area contributed by atoms with E-state index in [0.29, 0.717) is 13.2 Å². The van der Waals surface area contributed by atoms with Crippen LogP contribution in [0.4, 0.5) is 0 Å². The summed E-state index contributed by atoms with van der Waals surface area (Å²) in [7, 11) is 1.78. The molecule has 2 rings (SSSR count). The molecule has 0 aliphatic carbocycles. The molecule has 1 aromatic carbocycles. The van der Waals surface area contributed by atoms with Crippen molar-refractivity contribution >= 4 is 5.96 Å². The van der Waals surface area contributed by atoms with Crippen molar-refractivity contribution in [2.45, 2.75) is 19.9 Å². The number of para-hydroxylation sites is 1. The highest BCUT2D eigenvalue weighted by Crippen LogP contribution is 2.17. The highest BCUT2D eigenvalue weighted by molar-refractivity contribution is 5.79. The van der Waals surface area contributed by atoms with E-state index in [0.717, 1.165) is 76.3 Å². The number of ether oxygens (including phenoxy) is 3. The molecule has 0 aromatic heterocycles. The van der Waals surface area contributed by atoms with E-state index < -0.39 is 0 Å². The quantitative estimate of drug-likeness (QED) is 0.345. The normalized spacial score (nSPS) is 15.6. The van der Waals surface area contributed by atoms with Crippen LogP contribution in [0.25, 0.3) is 0 Å². The molecule has 0 atom stereocenters. The first-order chi connectivity index (χ1) is 13.3. The Morgan fingerprint density at radius 3 is 2.78 bits per heavy atom. The minimum absolute atomic E-state index is 0.666. The van der Waals surface area contributed by atoms with Gasteiger partial charge < -0.3 is 24.8 Å². The van der Waals surface area contributed by atoms with Gasteiger partial charge >= 0.3 is 0 Å². The second-order valence-electron chi connectivity index (χ2n) is 6.31. The lowest BCUT2D eigenvalue weighted by Gasteiger charge is -2.26. The Balaban J connectivity index is 1.73. The number of hydrogen-bond donors (Lipinski definition) is 2. The maximum Gasteiger partial charge on any atom is 0.191 e. The van der Waals surface area contributed by atoms with Gasteiger partial charge in [0.05, 0.1) is 13.2 Å². The highest BCUT2D eigenvalue weighted by Gasteiger charge is 2.10. The molecule has 7 heteroatoms. The molecule has 0 amide bonds. The third-order valence-corrected chi connectivity index (χ3v) is 4.37. The Labute approximate surface area is 163 Å². The number of guanidine groups is 1. The van der Waals surface area contributed by atoms with Crippen molar-refractivity contribution in [1.82, 2.24) is 15.5 Å². The maximum absolute atomic E-state index is 6.03. The van der Waals surface area contributed by atoms with E-state index >= 15 is 0 Å². The summed E-state index contributed by atoms with van der Waals surface area (Å²) in [6.45, 7) is 10.2. The van der Waals surface area contributed by atoms with Gasteiger partial charge in [-0.25, -0.2) is 0 Å². The lowest BCUT2D eigenvalue weighted by atomic mass is 10.2. The predicted octanol–water partition coefficient (Wildman–Crippen LogP) is 1.49. The van der Waals surface area contributed by atoms with Crippen LogP contribution in [0.2, 0.25) is 0 Å². The van der Waals surface area contributed by atoms with Gasteiger partial charge in [-0.05, 0) is 19.4 Å². The Bertz CT molecular complexity index is 548. The first-order valence-electron chi connectivity index (χ1n) is 9.86. The molecule has 2 N–H and O–H groups in total. The topological polar surface area (TPSA) is 67.3 Å². The lowest BCUT2D eigenvalue weighted by molar-refractivity contribution is 0.0322. The molecule has 0 saturated carbocycles. The van der Waals surface area contributed by atoms with Crippen LogP contribution < -0.4 is 15.4 Å². The summed E-state index contributed by atoms with van der Waals surface area (Å²) < 4.78 is 16.8. The van der Waals surface area contributed by atoms with Crippen molar-refractivity contribution in [1.29, 1.82) is 0 Å². The average molecular weight is 379 g/mol. The third-order valence-electron chi connectivity index (χ3n) is 4.37. The zero-order chi connectivity index (χ0) is 19.2. The predicted molar refractivity (Wildman–Crippen MR) is 109 cm³/mol. The molecule has 0 radical (unpaired) electrons. The molecule has 0 bridgehead atoms. The Hall–Kier alpha value is -1.83. The van der Waals surface area contributed by atoms with Gasteiger partial charge in [0.25, 0.3) is 0 Å². The smallest absolute Gasteiger partial charge is 0.191 e. The summed E-state index contributed by atoms with van der Waals surface area (Å²) >= 11 is 0. The maximum atomic E-state index is 6.03. The van der Waals surface area contributed by atoms with E-state index in [4.69, 9.17) is 14.2 Å². The molecule has 1 aromatic rings. The van der Waals surface area contributed by atoms with Crippen molar-refractivity contribution in [3.05, 3.63) is 29.8 Å². The van der Waals surface area contributed by atoms with Crippen LogP contribution in [0.5, 0.6) is 5.75 Å². The summed E-state index contributed by atoms with van der Waals surface area (Å²) in [6.07, 6.45) is 0.954. The Kier molecular flexibility index (Phi) is 10.6. The van der Waals surface area contributed by atoms with E-state index in [1.165, 1.54) is 0 Å². The van der Waals surface area contributed by atoms with Crippen molar-refractivity contribution in [2.75, 3.05) is 66.3 Å². The van der Waals surface area contributed by atoms with Crippen LogP contribution in [-0.2, 0) is 16.0 Å². The standard InChI is InChI=1S/C20H34N4O3/c1-3-25-13-6-9-22-20(21-2)23-17-18-7-4-5-8-19(18)27-16-12-24-10-14-26-15-11-24/h4-5,7-8H,3,6,9-17H2,1-2H3,(H2,21,22,23). The first-order valence-corrected chi connectivity index (χ1v) is 9.86. The third kappa shape index (κ3) is 8.60. The Morgan fingerprint density at radius 1 is 1.19 bits per heavy atom. The number of morpholine rings is 1. The van der Waals surface area contributed by atoms with Gasteiger partial charge in [-0.2, -0.15) is 0 Å². The fraction of sp³-hybridized carbons (Fsp3) is 0.650. The van der Waals surface area contributed by atoms with E-state index in [9.17, 15) is 0 Å². The van der Waals surface area contributed by atoms with Crippen LogP contribution in [0.3, 0.4) is 0 Å². The number of benzene rings is 1. The molecule has 0 unspecified atom stereocenters. The van der Waals surface area contributed by atoms with Crippen LogP contribution in [0, 0.1) is 0 Å². The molecule has 152 valence electrons. The van der Waals surface area contributed by atoms with E-state index in [1.54, 1.807) is 7.05 Å². The van der Waals surface area contributed by atoms with Crippen LogP contribution in [-0.4, -0.2) is 77.1 Å². The average Bonchev–Trinajstić information content (AvgIpc) is 2.72. The second-order valence-corrected chi connectivity index (χ2v) is 6.31. The largest absolute Gasteiger partial charge is 0.492 e. The molecule has 1 aliphatic heterocycles. The molecule has 27 heavy (non-hydrogen) atoms. The highest BCUT2D eigenvalue weighted by atomic mass is 16.5. The van der Waals surface area contributed by atoms with Crippen molar-refractivity contribution in [3.63, 3.8) is 0 Å². The lowest BCUT2D eigenvalue weighted by Crippen LogP contribution is -2.39. The summed E-state index contributed by atoms with van der Waals surface area (Å²) in [6, 6.07) is 8.15. The van der Waals surface area contributed by atoms with Crippen LogP contribution in [0.15, 0.2) is 29.3 Å².